The molecule has 18 heavy (non-hydrogen) atoms. The van der Waals surface area contributed by atoms with E-state index in [2.05, 4.69) is 53.3 Å². The summed E-state index contributed by atoms with van der Waals surface area (Å²) in [6, 6.07) is 6.49. The minimum Gasteiger partial charge on any atom is -0.489 e. The van der Waals surface area contributed by atoms with Crippen LogP contribution in [0.1, 0.15) is 44.6 Å². The Morgan fingerprint density at radius 1 is 1.39 bits per heavy atom. The Labute approximate surface area is 118 Å². The van der Waals surface area contributed by atoms with Crippen LogP contribution in [0.2, 0.25) is 0 Å². The van der Waals surface area contributed by atoms with Crippen LogP contribution in [0.15, 0.2) is 22.7 Å². The second-order valence-corrected chi connectivity index (χ2v) is 5.92. The number of ether oxygens (including phenoxy) is 1. The first-order valence-corrected chi connectivity index (χ1v) is 7.66. The Hall–Kier alpha value is -0.540. The first-order chi connectivity index (χ1) is 8.70. The molecule has 1 N–H and O–H groups in total. The third-order valence-corrected chi connectivity index (χ3v) is 4.34. The quantitative estimate of drug-likeness (QED) is 0.904. The number of piperidine rings is 1. The second kappa shape index (κ2) is 6.58. The Kier molecular flexibility index (Phi) is 5.07. The van der Waals surface area contributed by atoms with E-state index in [1.54, 1.807) is 0 Å². The first-order valence-electron chi connectivity index (χ1n) is 6.87. The van der Waals surface area contributed by atoms with Gasteiger partial charge in [0.25, 0.3) is 0 Å². The van der Waals surface area contributed by atoms with E-state index in [1.165, 1.54) is 12.0 Å². The molecule has 1 atom stereocenters. The van der Waals surface area contributed by atoms with Crippen molar-refractivity contribution in [1.29, 1.82) is 0 Å². The van der Waals surface area contributed by atoms with Gasteiger partial charge in [-0.3, -0.25) is 0 Å². The van der Waals surface area contributed by atoms with Gasteiger partial charge in [-0.25, -0.2) is 0 Å². The summed E-state index contributed by atoms with van der Waals surface area (Å²) < 4.78 is 7.15. The van der Waals surface area contributed by atoms with E-state index in [0.717, 1.165) is 36.2 Å². The van der Waals surface area contributed by atoms with Crippen LogP contribution in [0.5, 0.6) is 5.75 Å². The van der Waals surface area contributed by atoms with Gasteiger partial charge in [0.15, 0.2) is 0 Å². The van der Waals surface area contributed by atoms with Crippen LogP contribution in [-0.2, 0) is 0 Å². The number of nitrogens with one attached hydrogen (secondary N) is 1. The van der Waals surface area contributed by atoms with Crippen molar-refractivity contribution in [3.63, 3.8) is 0 Å². The molecule has 1 saturated heterocycles. The van der Waals surface area contributed by atoms with Gasteiger partial charge < -0.3 is 10.1 Å². The molecule has 0 unspecified atom stereocenters. The van der Waals surface area contributed by atoms with E-state index in [4.69, 9.17) is 4.74 Å². The van der Waals surface area contributed by atoms with Crippen molar-refractivity contribution < 1.29 is 4.74 Å². The van der Waals surface area contributed by atoms with Gasteiger partial charge in [0, 0.05) is 0 Å². The molecule has 100 valence electrons. The molecule has 0 radical (unpaired) electrons. The zero-order valence-electron chi connectivity index (χ0n) is 11.2. The van der Waals surface area contributed by atoms with Crippen molar-refractivity contribution in [1.82, 2.24) is 5.32 Å². The smallest absolute Gasteiger partial charge is 0.133 e. The molecule has 1 aliphatic heterocycles. The van der Waals surface area contributed by atoms with Crippen molar-refractivity contribution in [2.75, 3.05) is 13.1 Å². The van der Waals surface area contributed by atoms with Crippen molar-refractivity contribution in [3.8, 4) is 5.75 Å². The van der Waals surface area contributed by atoms with Gasteiger partial charge >= 0.3 is 0 Å². The Morgan fingerprint density at radius 2 is 2.11 bits per heavy atom. The van der Waals surface area contributed by atoms with Gasteiger partial charge in [-0.1, -0.05) is 19.9 Å². The summed E-state index contributed by atoms with van der Waals surface area (Å²) in [5.74, 6) is 1.59. The molecule has 0 aromatic heterocycles. The summed E-state index contributed by atoms with van der Waals surface area (Å²) in [5.41, 5.74) is 1.38. The maximum atomic E-state index is 6.07. The summed E-state index contributed by atoms with van der Waals surface area (Å²) in [6.07, 6.45) is 3.72. The zero-order chi connectivity index (χ0) is 13.0. The third kappa shape index (κ3) is 3.48. The van der Waals surface area contributed by atoms with Crippen molar-refractivity contribution in [2.24, 2.45) is 0 Å². The standard InChI is InChI=1S/C15H22BrNO/c1-3-11(2)12-4-5-15(14(16)10-12)18-13-6-8-17-9-7-13/h4-5,10-11,13,17H,3,6-9H2,1-2H3/t11-/m0/s1. The fourth-order valence-corrected chi connectivity index (χ4v) is 2.74. The Balaban J connectivity index is 2.04. The van der Waals surface area contributed by atoms with E-state index in [-0.39, 0.29) is 0 Å². The van der Waals surface area contributed by atoms with Crippen LogP contribution in [-0.4, -0.2) is 19.2 Å². The predicted octanol–water partition coefficient (Wildman–Crippen LogP) is 4.09. The van der Waals surface area contributed by atoms with Crippen LogP contribution in [0.3, 0.4) is 0 Å². The van der Waals surface area contributed by atoms with Crippen LogP contribution in [0.4, 0.5) is 0 Å². The summed E-state index contributed by atoms with van der Waals surface area (Å²) >= 11 is 3.63. The third-order valence-electron chi connectivity index (χ3n) is 3.72. The SMILES string of the molecule is CC[C@H](C)c1ccc(OC2CCNCC2)c(Br)c1. The highest BCUT2D eigenvalue weighted by Gasteiger charge is 2.16. The maximum absolute atomic E-state index is 6.07. The molecule has 2 nitrogen and oxygen atoms in total. The lowest BCUT2D eigenvalue weighted by atomic mass is 9.99. The normalized spacial score (nSPS) is 18.6. The molecule has 1 aromatic carbocycles. The molecule has 1 heterocycles. The molecule has 1 fully saturated rings. The summed E-state index contributed by atoms with van der Waals surface area (Å²) in [6.45, 7) is 6.60. The Bertz CT molecular complexity index is 388. The fourth-order valence-electron chi connectivity index (χ4n) is 2.25. The molecule has 0 aliphatic carbocycles. The first kappa shape index (κ1) is 13.9. The molecular weight excluding hydrogens is 290 g/mol. The molecule has 0 saturated carbocycles. The average molecular weight is 312 g/mol. The van der Waals surface area contributed by atoms with E-state index in [9.17, 15) is 0 Å². The molecule has 1 aliphatic rings. The highest BCUT2D eigenvalue weighted by molar-refractivity contribution is 9.10. The lowest BCUT2D eigenvalue weighted by Crippen LogP contribution is -2.34. The number of benzene rings is 1. The largest absolute Gasteiger partial charge is 0.489 e. The molecule has 3 heteroatoms. The highest BCUT2D eigenvalue weighted by atomic mass is 79.9. The maximum Gasteiger partial charge on any atom is 0.133 e. The minimum atomic E-state index is 0.358. The van der Waals surface area contributed by atoms with Crippen LogP contribution in [0.25, 0.3) is 0 Å². The zero-order valence-corrected chi connectivity index (χ0v) is 12.8. The summed E-state index contributed by atoms with van der Waals surface area (Å²) in [5, 5.41) is 3.36. The van der Waals surface area contributed by atoms with Crippen molar-refractivity contribution >= 4 is 15.9 Å². The van der Waals surface area contributed by atoms with Crippen LogP contribution >= 0.6 is 15.9 Å². The van der Waals surface area contributed by atoms with Gasteiger partial charge in [-0.2, -0.15) is 0 Å². The Morgan fingerprint density at radius 3 is 2.72 bits per heavy atom. The van der Waals surface area contributed by atoms with Crippen LogP contribution in [0, 0.1) is 0 Å². The fraction of sp³-hybridized carbons (Fsp3) is 0.600. The van der Waals surface area contributed by atoms with E-state index in [1.807, 2.05) is 0 Å². The highest BCUT2D eigenvalue weighted by Crippen LogP contribution is 2.31. The summed E-state index contributed by atoms with van der Waals surface area (Å²) in [7, 11) is 0. The number of rotatable bonds is 4. The van der Waals surface area contributed by atoms with E-state index < -0.39 is 0 Å². The van der Waals surface area contributed by atoms with Gasteiger partial charge in [0.1, 0.15) is 11.9 Å². The van der Waals surface area contributed by atoms with Gasteiger partial charge in [0.2, 0.25) is 0 Å². The topological polar surface area (TPSA) is 21.3 Å². The molecule has 2 rings (SSSR count). The minimum absolute atomic E-state index is 0.358. The molecular formula is C15H22BrNO. The van der Waals surface area contributed by atoms with Gasteiger partial charge in [0.05, 0.1) is 4.47 Å². The molecule has 0 amide bonds. The van der Waals surface area contributed by atoms with Gasteiger partial charge in [-0.15, -0.1) is 0 Å². The monoisotopic (exact) mass is 311 g/mol. The van der Waals surface area contributed by atoms with Gasteiger partial charge in [-0.05, 0) is 71.9 Å². The van der Waals surface area contributed by atoms with Crippen LogP contribution < -0.4 is 10.1 Å². The van der Waals surface area contributed by atoms with E-state index in [0.29, 0.717) is 12.0 Å². The van der Waals surface area contributed by atoms with Crippen molar-refractivity contribution in [2.45, 2.75) is 45.1 Å². The van der Waals surface area contributed by atoms with Crippen molar-refractivity contribution in [3.05, 3.63) is 28.2 Å². The second-order valence-electron chi connectivity index (χ2n) is 5.07. The lowest BCUT2D eigenvalue weighted by molar-refractivity contribution is 0.161. The molecule has 1 aromatic rings. The lowest BCUT2D eigenvalue weighted by Gasteiger charge is -2.24. The molecule has 0 spiro atoms. The number of hydrogen-bond donors (Lipinski definition) is 1. The summed E-state index contributed by atoms with van der Waals surface area (Å²) in [4.78, 5) is 0. The predicted molar refractivity (Wildman–Crippen MR) is 79.4 cm³/mol. The molecule has 0 bridgehead atoms. The number of halogens is 1. The average Bonchev–Trinajstić information content (AvgIpc) is 2.41. The number of hydrogen-bond acceptors (Lipinski definition) is 2. The van der Waals surface area contributed by atoms with E-state index >= 15 is 0 Å².